The number of nitrogens with zero attached hydrogens (tertiary/aromatic N) is 2. The molecule has 2 rings (SSSR count). The Morgan fingerprint density at radius 2 is 1.86 bits per heavy atom. The third-order valence-corrected chi connectivity index (χ3v) is 3.93. The maximum atomic E-state index is 14.5. The predicted molar refractivity (Wildman–Crippen MR) is 105 cm³/mol. The molecule has 0 aliphatic heterocycles. The standard InChI is InChI=1S/C21H26F2N2O4/c1-4-27-19(26)8-6-11-28-20-17(22)13-15(14-18(20)23)16-7-5-9-24-21(16)29-12-10-25(2)3/h5,7,9,13-14H,4,6,8,10-12H2,1-3H3. The molecule has 29 heavy (non-hydrogen) atoms. The lowest BCUT2D eigenvalue weighted by atomic mass is 10.1. The molecule has 0 saturated heterocycles. The van der Waals surface area contributed by atoms with Gasteiger partial charge in [-0.3, -0.25) is 4.79 Å². The molecular weight excluding hydrogens is 382 g/mol. The molecule has 0 bridgehead atoms. The predicted octanol–water partition coefficient (Wildman–Crippen LogP) is 3.69. The lowest BCUT2D eigenvalue weighted by Gasteiger charge is -2.14. The first-order valence-corrected chi connectivity index (χ1v) is 9.42. The topological polar surface area (TPSA) is 60.9 Å². The minimum atomic E-state index is -0.834. The van der Waals surface area contributed by atoms with E-state index in [1.165, 1.54) is 12.1 Å². The van der Waals surface area contributed by atoms with Gasteiger partial charge in [-0.1, -0.05) is 0 Å². The van der Waals surface area contributed by atoms with Gasteiger partial charge in [0.05, 0.1) is 13.2 Å². The lowest BCUT2D eigenvalue weighted by Crippen LogP contribution is -2.19. The summed E-state index contributed by atoms with van der Waals surface area (Å²) >= 11 is 0. The van der Waals surface area contributed by atoms with Crippen LogP contribution in [0.4, 0.5) is 8.78 Å². The van der Waals surface area contributed by atoms with E-state index in [4.69, 9.17) is 14.2 Å². The summed E-state index contributed by atoms with van der Waals surface area (Å²) in [6, 6.07) is 5.72. The zero-order valence-corrected chi connectivity index (χ0v) is 16.9. The highest BCUT2D eigenvalue weighted by Crippen LogP contribution is 2.33. The molecule has 0 aliphatic rings. The fraction of sp³-hybridized carbons (Fsp3) is 0.429. The summed E-state index contributed by atoms with van der Waals surface area (Å²) < 4.78 is 44.6. The van der Waals surface area contributed by atoms with E-state index in [-0.39, 0.29) is 19.0 Å². The molecule has 0 fully saturated rings. The zero-order valence-electron chi connectivity index (χ0n) is 16.9. The van der Waals surface area contributed by atoms with E-state index >= 15 is 0 Å². The van der Waals surface area contributed by atoms with Gasteiger partial charge < -0.3 is 19.1 Å². The highest BCUT2D eigenvalue weighted by molar-refractivity contribution is 5.70. The molecule has 0 spiro atoms. The van der Waals surface area contributed by atoms with Crippen molar-refractivity contribution in [3.63, 3.8) is 0 Å². The fourth-order valence-corrected chi connectivity index (χ4v) is 2.53. The minimum Gasteiger partial charge on any atom is -0.488 e. The monoisotopic (exact) mass is 408 g/mol. The summed E-state index contributed by atoms with van der Waals surface area (Å²) in [5.74, 6) is -2.21. The van der Waals surface area contributed by atoms with Crippen molar-refractivity contribution in [3.05, 3.63) is 42.1 Å². The van der Waals surface area contributed by atoms with Gasteiger partial charge in [0.1, 0.15) is 6.61 Å². The highest BCUT2D eigenvalue weighted by Gasteiger charge is 2.16. The molecule has 0 saturated carbocycles. The fourth-order valence-electron chi connectivity index (χ4n) is 2.53. The molecule has 158 valence electrons. The smallest absolute Gasteiger partial charge is 0.305 e. The molecule has 0 amide bonds. The first-order valence-electron chi connectivity index (χ1n) is 9.42. The molecule has 0 unspecified atom stereocenters. The molecule has 0 aliphatic carbocycles. The van der Waals surface area contributed by atoms with E-state index in [9.17, 15) is 13.6 Å². The number of pyridine rings is 1. The zero-order chi connectivity index (χ0) is 21.2. The summed E-state index contributed by atoms with van der Waals surface area (Å²) in [5, 5.41) is 0. The van der Waals surface area contributed by atoms with Gasteiger partial charge in [-0.15, -0.1) is 0 Å². The Bertz CT molecular complexity index is 792. The molecule has 8 heteroatoms. The molecule has 0 N–H and O–H groups in total. The maximum Gasteiger partial charge on any atom is 0.305 e. The summed E-state index contributed by atoms with van der Waals surface area (Å²) in [7, 11) is 3.83. The number of hydrogen-bond acceptors (Lipinski definition) is 6. The highest BCUT2D eigenvalue weighted by atomic mass is 19.1. The molecule has 6 nitrogen and oxygen atoms in total. The first-order chi connectivity index (χ1) is 13.9. The van der Waals surface area contributed by atoms with Crippen molar-refractivity contribution in [1.82, 2.24) is 9.88 Å². The van der Waals surface area contributed by atoms with Gasteiger partial charge in [-0.05, 0) is 57.3 Å². The van der Waals surface area contributed by atoms with Crippen molar-refractivity contribution in [2.75, 3.05) is 40.5 Å². The van der Waals surface area contributed by atoms with Gasteiger partial charge in [0, 0.05) is 24.7 Å². The molecule has 1 aromatic carbocycles. The van der Waals surface area contributed by atoms with Crippen LogP contribution in [0.1, 0.15) is 19.8 Å². The van der Waals surface area contributed by atoms with Gasteiger partial charge in [-0.25, -0.2) is 13.8 Å². The van der Waals surface area contributed by atoms with E-state index in [0.29, 0.717) is 43.2 Å². The van der Waals surface area contributed by atoms with Crippen LogP contribution in [-0.4, -0.2) is 56.3 Å². The van der Waals surface area contributed by atoms with Crippen LogP contribution in [0.5, 0.6) is 11.6 Å². The summed E-state index contributed by atoms with van der Waals surface area (Å²) in [6.45, 7) is 3.07. The van der Waals surface area contributed by atoms with E-state index in [0.717, 1.165) is 0 Å². The molecule has 1 heterocycles. The van der Waals surface area contributed by atoms with Crippen molar-refractivity contribution >= 4 is 5.97 Å². The Kier molecular flexibility index (Phi) is 8.79. The van der Waals surface area contributed by atoms with E-state index in [1.807, 2.05) is 19.0 Å². The van der Waals surface area contributed by atoms with Crippen molar-refractivity contribution < 1.29 is 27.8 Å². The number of aromatic nitrogens is 1. The molecule has 1 aromatic heterocycles. The average Bonchev–Trinajstić information content (AvgIpc) is 2.67. The van der Waals surface area contributed by atoms with Gasteiger partial charge in [0.15, 0.2) is 17.4 Å². The number of benzene rings is 1. The van der Waals surface area contributed by atoms with Gasteiger partial charge in [0.2, 0.25) is 5.88 Å². The maximum absolute atomic E-state index is 14.5. The lowest BCUT2D eigenvalue weighted by molar-refractivity contribution is -0.143. The summed E-state index contributed by atoms with van der Waals surface area (Å²) in [4.78, 5) is 17.4. The van der Waals surface area contributed by atoms with Crippen LogP contribution in [0.2, 0.25) is 0 Å². The van der Waals surface area contributed by atoms with Crippen molar-refractivity contribution in [3.8, 4) is 22.8 Å². The number of carbonyl (C=O) groups is 1. The normalized spacial score (nSPS) is 10.8. The molecule has 0 radical (unpaired) electrons. The van der Waals surface area contributed by atoms with Crippen LogP contribution >= 0.6 is 0 Å². The number of rotatable bonds is 11. The Balaban J connectivity index is 2.08. The molecule has 0 atom stereocenters. The average molecular weight is 408 g/mol. The Labute approximate surface area is 169 Å². The second-order valence-corrected chi connectivity index (χ2v) is 6.53. The van der Waals surface area contributed by atoms with Crippen molar-refractivity contribution in [2.45, 2.75) is 19.8 Å². The van der Waals surface area contributed by atoms with Gasteiger partial charge in [0.25, 0.3) is 0 Å². The number of carbonyl (C=O) groups excluding carboxylic acids is 1. The second-order valence-electron chi connectivity index (χ2n) is 6.53. The van der Waals surface area contributed by atoms with E-state index in [2.05, 4.69) is 4.98 Å². The van der Waals surface area contributed by atoms with Crippen LogP contribution in [0.25, 0.3) is 11.1 Å². The van der Waals surface area contributed by atoms with Gasteiger partial charge >= 0.3 is 5.97 Å². The Morgan fingerprint density at radius 3 is 2.52 bits per heavy atom. The SMILES string of the molecule is CCOC(=O)CCCOc1c(F)cc(-c2cccnc2OCCN(C)C)cc1F. The molecule has 2 aromatic rings. The van der Waals surface area contributed by atoms with Crippen molar-refractivity contribution in [2.24, 2.45) is 0 Å². The van der Waals surface area contributed by atoms with E-state index < -0.39 is 17.4 Å². The quantitative estimate of drug-likeness (QED) is 0.418. The van der Waals surface area contributed by atoms with Crippen LogP contribution in [-0.2, 0) is 9.53 Å². The van der Waals surface area contributed by atoms with Crippen LogP contribution in [0.15, 0.2) is 30.5 Å². The Hall–Kier alpha value is -2.74. The van der Waals surface area contributed by atoms with Gasteiger partial charge in [-0.2, -0.15) is 0 Å². The van der Waals surface area contributed by atoms with Crippen LogP contribution < -0.4 is 9.47 Å². The third-order valence-electron chi connectivity index (χ3n) is 3.93. The third kappa shape index (κ3) is 6.98. The number of hydrogen-bond donors (Lipinski definition) is 0. The first kappa shape index (κ1) is 22.5. The van der Waals surface area contributed by atoms with Crippen molar-refractivity contribution in [1.29, 1.82) is 0 Å². The summed E-state index contributed by atoms with van der Waals surface area (Å²) in [5.41, 5.74) is 0.782. The second kappa shape index (κ2) is 11.3. The number of ether oxygens (including phenoxy) is 3. The number of likely N-dealkylation sites (N-methyl/N-ethyl adjacent to an activating group) is 1. The summed E-state index contributed by atoms with van der Waals surface area (Å²) in [6.07, 6.45) is 1.98. The Morgan fingerprint density at radius 1 is 1.14 bits per heavy atom. The number of halogens is 2. The van der Waals surface area contributed by atoms with Crippen LogP contribution in [0.3, 0.4) is 0 Å². The van der Waals surface area contributed by atoms with Crippen LogP contribution in [0, 0.1) is 11.6 Å². The molecular formula is C21H26F2N2O4. The van der Waals surface area contributed by atoms with E-state index in [1.54, 1.807) is 25.3 Å². The largest absolute Gasteiger partial charge is 0.488 e. The number of esters is 1. The minimum absolute atomic E-state index is 0.00219.